The summed E-state index contributed by atoms with van der Waals surface area (Å²) < 4.78 is 2.20. The van der Waals surface area contributed by atoms with E-state index in [0.29, 0.717) is 6.54 Å². The van der Waals surface area contributed by atoms with Crippen molar-refractivity contribution in [1.82, 2.24) is 25.4 Å². The minimum Gasteiger partial charge on any atom is -0.356 e. The molecule has 8 heteroatoms. The molecule has 1 aromatic carbocycles. The Labute approximate surface area is 175 Å². The van der Waals surface area contributed by atoms with Crippen LogP contribution in [0.4, 0.5) is 0 Å². The van der Waals surface area contributed by atoms with Gasteiger partial charge in [-0.05, 0) is 37.0 Å². The van der Waals surface area contributed by atoms with E-state index in [1.807, 2.05) is 12.1 Å². The Morgan fingerprint density at radius 3 is 2.88 bits per heavy atom. The smallest absolute Gasteiger partial charge is 0.191 e. The van der Waals surface area contributed by atoms with Crippen molar-refractivity contribution in [1.29, 1.82) is 0 Å². The van der Waals surface area contributed by atoms with Crippen LogP contribution in [-0.4, -0.2) is 34.3 Å². The molecule has 0 saturated heterocycles. The molecule has 2 heterocycles. The van der Waals surface area contributed by atoms with Gasteiger partial charge in [0.15, 0.2) is 11.8 Å². The number of hydrogen-bond acceptors (Lipinski definition) is 3. The van der Waals surface area contributed by atoms with Crippen LogP contribution >= 0.6 is 35.6 Å². The zero-order chi connectivity index (χ0) is 17.3. The lowest BCUT2D eigenvalue weighted by molar-refractivity contribution is 0.632. The first kappa shape index (κ1) is 19.4. The second-order valence-corrected chi connectivity index (χ2v) is 7.29. The van der Waals surface area contributed by atoms with Crippen molar-refractivity contribution in [2.45, 2.75) is 44.2 Å². The van der Waals surface area contributed by atoms with Crippen LogP contribution in [0.25, 0.3) is 0 Å². The SMILES string of the molecule is CN=C(NCc1nnc2n1CCC2)NCC1(c2cccc(Cl)c2)CC1.I. The Bertz CT molecular complexity index is 799. The highest BCUT2D eigenvalue weighted by atomic mass is 127. The molecule has 0 amide bonds. The molecule has 1 aliphatic heterocycles. The number of benzene rings is 1. The number of aromatic nitrogens is 3. The molecule has 0 bridgehead atoms. The van der Waals surface area contributed by atoms with Crippen LogP contribution in [0.3, 0.4) is 0 Å². The molecule has 2 N–H and O–H groups in total. The number of guanidine groups is 1. The van der Waals surface area contributed by atoms with Gasteiger partial charge in [-0.2, -0.15) is 0 Å². The topological polar surface area (TPSA) is 67.1 Å². The molecule has 2 aromatic rings. The second kappa shape index (κ2) is 8.12. The fraction of sp³-hybridized carbons (Fsp3) is 0.500. The van der Waals surface area contributed by atoms with Crippen molar-refractivity contribution in [3.8, 4) is 0 Å². The molecule has 0 radical (unpaired) electrons. The molecule has 1 aromatic heterocycles. The molecule has 2 aliphatic rings. The van der Waals surface area contributed by atoms with Gasteiger partial charge in [-0.3, -0.25) is 4.99 Å². The third-order valence-electron chi connectivity index (χ3n) is 5.21. The average Bonchev–Trinajstić information content (AvgIpc) is 3.09. The van der Waals surface area contributed by atoms with Crippen LogP contribution in [0.15, 0.2) is 29.3 Å². The van der Waals surface area contributed by atoms with Crippen LogP contribution in [0.2, 0.25) is 5.02 Å². The molecule has 1 fully saturated rings. The molecule has 0 spiro atoms. The van der Waals surface area contributed by atoms with E-state index in [9.17, 15) is 0 Å². The summed E-state index contributed by atoms with van der Waals surface area (Å²) in [7, 11) is 1.79. The Balaban J connectivity index is 0.00000196. The van der Waals surface area contributed by atoms with Gasteiger partial charge in [-0.25, -0.2) is 0 Å². The Morgan fingerprint density at radius 2 is 2.15 bits per heavy atom. The van der Waals surface area contributed by atoms with Crippen LogP contribution in [0, 0.1) is 0 Å². The van der Waals surface area contributed by atoms with E-state index >= 15 is 0 Å². The quantitative estimate of drug-likeness (QED) is 0.387. The minimum absolute atomic E-state index is 0. The first-order valence-corrected chi connectivity index (χ1v) is 9.19. The number of aryl methyl sites for hydroxylation is 1. The van der Waals surface area contributed by atoms with Gasteiger partial charge in [0.2, 0.25) is 0 Å². The molecule has 1 saturated carbocycles. The fourth-order valence-electron chi connectivity index (χ4n) is 3.51. The molecular weight excluding hydrogens is 463 g/mol. The maximum Gasteiger partial charge on any atom is 0.191 e. The summed E-state index contributed by atoms with van der Waals surface area (Å²) in [5, 5.41) is 16.1. The normalized spacial score (nSPS) is 17.4. The van der Waals surface area contributed by atoms with Gasteiger partial charge < -0.3 is 15.2 Å². The van der Waals surface area contributed by atoms with Gasteiger partial charge in [0.05, 0.1) is 6.54 Å². The Kier molecular flexibility index (Phi) is 6.06. The number of nitrogens with one attached hydrogen (secondary N) is 2. The molecule has 0 atom stereocenters. The number of rotatable bonds is 5. The summed E-state index contributed by atoms with van der Waals surface area (Å²) in [6, 6.07) is 8.19. The molecule has 140 valence electrons. The first-order valence-electron chi connectivity index (χ1n) is 8.82. The van der Waals surface area contributed by atoms with Crippen LogP contribution in [-0.2, 0) is 24.9 Å². The highest BCUT2D eigenvalue weighted by Crippen LogP contribution is 2.48. The third kappa shape index (κ3) is 3.98. The van der Waals surface area contributed by atoms with Crippen LogP contribution in [0.5, 0.6) is 0 Å². The largest absolute Gasteiger partial charge is 0.356 e. The molecule has 4 rings (SSSR count). The van der Waals surface area contributed by atoms with Crippen molar-refractivity contribution in [2.75, 3.05) is 13.6 Å². The van der Waals surface area contributed by atoms with Gasteiger partial charge in [-0.15, -0.1) is 34.2 Å². The van der Waals surface area contributed by atoms with Crippen LogP contribution < -0.4 is 10.6 Å². The van der Waals surface area contributed by atoms with Gasteiger partial charge >= 0.3 is 0 Å². The predicted molar refractivity (Wildman–Crippen MR) is 114 cm³/mol. The van der Waals surface area contributed by atoms with E-state index in [2.05, 4.69) is 42.5 Å². The average molecular weight is 487 g/mol. The van der Waals surface area contributed by atoms with Gasteiger partial charge in [0, 0.05) is 37.0 Å². The van der Waals surface area contributed by atoms with E-state index in [4.69, 9.17) is 11.6 Å². The van der Waals surface area contributed by atoms with Gasteiger partial charge in [0.25, 0.3) is 0 Å². The maximum atomic E-state index is 6.15. The maximum absolute atomic E-state index is 6.15. The summed E-state index contributed by atoms with van der Waals surface area (Å²) in [5.41, 5.74) is 1.48. The second-order valence-electron chi connectivity index (χ2n) is 6.86. The summed E-state index contributed by atoms with van der Waals surface area (Å²) in [6.45, 7) is 2.51. The lowest BCUT2D eigenvalue weighted by Crippen LogP contribution is -2.41. The molecule has 26 heavy (non-hydrogen) atoms. The third-order valence-corrected chi connectivity index (χ3v) is 5.44. The number of nitrogens with zero attached hydrogens (tertiary/aromatic N) is 4. The molecule has 6 nitrogen and oxygen atoms in total. The van der Waals surface area contributed by atoms with Crippen molar-refractivity contribution in [3.05, 3.63) is 46.5 Å². The summed E-state index contributed by atoms with van der Waals surface area (Å²) >= 11 is 6.15. The number of fused-ring (bicyclic) bond motifs is 1. The van der Waals surface area contributed by atoms with Crippen molar-refractivity contribution in [2.24, 2.45) is 4.99 Å². The van der Waals surface area contributed by atoms with Crippen LogP contribution in [0.1, 0.15) is 36.5 Å². The van der Waals surface area contributed by atoms with Crippen molar-refractivity contribution < 1.29 is 0 Å². The molecule has 0 unspecified atom stereocenters. The summed E-state index contributed by atoms with van der Waals surface area (Å²) in [6.07, 6.45) is 4.54. The first-order chi connectivity index (χ1) is 12.2. The summed E-state index contributed by atoms with van der Waals surface area (Å²) in [5.74, 6) is 2.87. The Hall–Kier alpha value is -1.35. The fourth-order valence-corrected chi connectivity index (χ4v) is 3.70. The number of halogens is 2. The molecular formula is C18H24ClIN6. The van der Waals surface area contributed by atoms with E-state index in [1.54, 1.807) is 7.05 Å². The van der Waals surface area contributed by atoms with Crippen molar-refractivity contribution in [3.63, 3.8) is 0 Å². The zero-order valence-electron chi connectivity index (χ0n) is 14.8. The van der Waals surface area contributed by atoms with E-state index in [0.717, 1.165) is 48.6 Å². The zero-order valence-corrected chi connectivity index (χ0v) is 17.9. The lowest BCUT2D eigenvalue weighted by atomic mass is 9.96. The van der Waals surface area contributed by atoms with Gasteiger partial charge in [-0.1, -0.05) is 23.7 Å². The standard InChI is InChI=1S/C18H23ClN6.HI/c1-20-17(21-11-16-24-23-15-6-3-9-25(15)16)22-12-18(7-8-18)13-4-2-5-14(19)10-13;/h2,4-5,10H,3,6-9,11-12H2,1H3,(H2,20,21,22);1H. The Morgan fingerprint density at radius 1 is 1.31 bits per heavy atom. The van der Waals surface area contributed by atoms with E-state index in [-0.39, 0.29) is 29.4 Å². The lowest BCUT2D eigenvalue weighted by Gasteiger charge is -2.19. The van der Waals surface area contributed by atoms with E-state index < -0.39 is 0 Å². The van der Waals surface area contributed by atoms with Gasteiger partial charge in [0.1, 0.15) is 5.82 Å². The monoisotopic (exact) mass is 486 g/mol. The number of hydrogen-bond donors (Lipinski definition) is 2. The minimum atomic E-state index is 0. The van der Waals surface area contributed by atoms with Crippen molar-refractivity contribution >= 4 is 41.5 Å². The predicted octanol–water partition coefficient (Wildman–Crippen LogP) is 2.89. The molecule has 1 aliphatic carbocycles. The summed E-state index contributed by atoms with van der Waals surface area (Å²) in [4.78, 5) is 4.33. The highest BCUT2D eigenvalue weighted by molar-refractivity contribution is 14.0. The number of aliphatic imine (C=N–C) groups is 1. The highest BCUT2D eigenvalue weighted by Gasteiger charge is 2.44. The van der Waals surface area contributed by atoms with E-state index in [1.165, 1.54) is 18.4 Å².